The van der Waals surface area contributed by atoms with E-state index in [1.807, 2.05) is 18.2 Å². The van der Waals surface area contributed by atoms with Crippen LogP contribution in [0.25, 0.3) is 0 Å². The minimum Gasteiger partial charge on any atom is -0.466 e. The van der Waals surface area contributed by atoms with Gasteiger partial charge in [-0.2, -0.15) is 4.98 Å². The molecule has 1 aromatic carbocycles. The molecule has 0 saturated carbocycles. The van der Waals surface area contributed by atoms with E-state index in [2.05, 4.69) is 20.5 Å². The Morgan fingerprint density at radius 3 is 2.78 bits per heavy atom. The first-order chi connectivity index (χ1) is 8.70. The average molecular weight is 267 g/mol. The van der Waals surface area contributed by atoms with Crippen molar-refractivity contribution in [1.29, 1.82) is 0 Å². The summed E-state index contributed by atoms with van der Waals surface area (Å²) in [5.41, 5.74) is 0.711. The highest BCUT2D eigenvalue weighted by Gasteiger charge is 2.18. The summed E-state index contributed by atoms with van der Waals surface area (Å²) in [7, 11) is 1.43. The van der Waals surface area contributed by atoms with Crippen LogP contribution in [-0.2, 0) is 4.79 Å². The van der Waals surface area contributed by atoms with Crippen LogP contribution in [-0.4, -0.2) is 28.2 Å². The Morgan fingerprint density at radius 2 is 2.17 bits per heavy atom. The van der Waals surface area contributed by atoms with Crippen LogP contribution in [0.15, 0.2) is 30.3 Å². The molecule has 0 saturated heterocycles. The number of halogens is 1. The molecular weight excluding hydrogens is 256 g/mol. The third kappa shape index (κ3) is 2.78. The van der Waals surface area contributed by atoms with Crippen LogP contribution >= 0.6 is 11.6 Å². The zero-order valence-electron chi connectivity index (χ0n) is 9.55. The molecule has 94 valence electrons. The van der Waals surface area contributed by atoms with Gasteiger partial charge >= 0.3 is 6.01 Å². The molecule has 0 radical (unpaired) electrons. The monoisotopic (exact) mass is 266 g/mol. The second-order valence-corrected chi connectivity index (χ2v) is 3.87. The number of hydrogen-bond acceptors (Lipinski definition) is 4. The van der Waals surface area contributed by atoms with Gasteiger partial charge in [-0.05, 0) is 5.56 Å². The van der Waals surface area contributed by atoms with Crippen molar-refractivity contribution >= 4 is 23.5 Å². The van der Waals surface area contributed by atoms with Crippen LogP contribution in [0.4, 0.5) is 5.95 Å². The Hall–Kier alpha value is -2.08. The molecule has 1 atom stereocenters. The molecule has 7 heteroatoms. The first-order valence-corrected chi connectivity index (χ1v) is 5.60. The lowest BCUT2D eigenvalue weighted by Gasteiger charge is -2.08. The predicted molar refractivity (Wildman–Crippen MR) is 66.6 cm³/mol. The van der Waals surface area contributed by atoms with Crippen LogP contribution < -0.4 is 10.1 Å². The second kappa shape index (κ2) is 5.50. The van der Waals surface area contributed by atoms with Gasteiger partial charge in [0.15, 0.2) is 0 Å². The Balaban J connectivity index is 2.04. The predicted octanol–water partition coefficient (Wildman–Crippen LogP) is 1.73. The maximum absolute atomic E-state index is 11.8. The molecule has 0 fully saturated rings. The van der Waals surface area contributed by atoms with E-state index in [0.29, 0.717) is 5.56 Å². The lowest BCUT2D eigenvalue weighted by molar-refractivity contribution is -0.116. The van der Waals surface area contributed by atoms with E-state index in [9.17, 15) is 4.79 Å². The minimum absolute atomic E-state index is 0.149. The van der Waals surface area contributed by atoms with E-state index in [0.717, 1.165) is 0 Å². The van der Waals surface area contributed by atoms with Crippen LogP contribution in [0, 0.1) is 0 Å². The van der Waals surface area contributed by atoms with Crippen molar-refractivity contribution in [3.8, 4) is 6.01 Å². The highest BCUT2D eigenvalue weighted by molar-refractivity contribution is 6.32. The fourth-order valence-corrected chi connectivity index (χ4v) is 1.55. The van der Waals surface area contributed by atoms with Crippen molar-refractivity contribution in [2.75, 3.05) is 12.4 Å². The highest BCUT2D eigenvalue weighted by Crippen LogP contribution is 2.21. The molecule has 0 spiro atoms. The largest absolute Gasteiger partial charge is 0.466 e. The summed E-state index contributed by atoms with van der Waals surface area (Å²) < 4.78 is 4.78. The lowest BCUT2D eigenvalue weighted by atomic mass is 10.1. The number of rotatable bonds is 4. The summed E-state index contributed by atoms with van der Waals surface area (Å²) in [6.45, 7) is 0. The number of amides is 1. The number of H-pyrrole nitrogens is 1. The molecule has 0 aliphatic heterocycles. The van der Waals surface area contributed by atoms with Crippen LogP contribution in [0.3, 0.4) is 0 Å². The number of ether oxygens (including phenoxy) is 1. The number of carbonyl (C=O) groups excluding carboxylic acids is 1. The van der Waals surface area contributed by atoms with Gasteiger partial charge in [0.1, 0.15) is 5.38 Å². The molecular formula is C11H11ClN4O2. The number of carbonyl (C=O) groups is 1. The van der Waals surface area contributed by atoms with Gasteiger partial charge in [-0.25, -0.2) is 5.10 Å². The second-order valence-electron chi connectivity index (χ2n) is 3.43. The van der Waals surface area contributed by atoms with Gasteiger partial charge in [-0.3, -0.25) is 10.1 Å². The zero-order chi connectivity index (χ0) is 13.0. The van der Waals surface area contributed by atoms with Crippen molar-refractivity contribution in [3.63, 3.8) is 0 Å². The van der Waals surface area contributed by atoms with Gasteiger partial charge in [0, 0.05) is 0 Å². The van der Waals surface area contributed by atoms with Crippen molar-refractivity contribution in [2.24, 2.45) is 0 Å². The van der Waals surface area contributed by atoms with Crippen molar-refractivity contribution < 1.29 is 9.53 Å². The lowest BCUT2D eigenvalue weighted by Crippen LogP contribution is -2.18. The molecule has 1 unspecified atom stereocenters. The summed E-state index contributed by atoms with van der Waals surface area (Å²) in [6.07, 6.45) is 0. The van der Waals surface area contributed by atoms with Gasteiger partial charge in [0.05, 0.1) is 7.11 Å². The quantitative estimate of drug-likeness (QED) is 0.826. The van der Waals surface area contributed by atoms with Crippen molar-refractivity contribution in [1.82, 2.24) is 15.2 Å². The first-order valence-electron chi connectivity index (χ1n) is 5.17. The summed E-state index contributed by atoms with van der Waals surface area (Å²) in [5, 5.41) is 7.95. The number of alkyl halides is 1. The molecule has 6 nitrogen and oxygen atoms in total. The normalized spacial score (nSPS) is 11.9. The molecule has 2 rings (SSSR count). The molecule has 2 aromatic rings. The Labute approximate surface area is 108 Å². The Kier molecular flexibility index (Phi) is 3.78. The molecule has 0 aliphatic rings. The van der Waals surface area contributed by atoms with Crippen LogP contribution in [0.2, 0.25) is 0 Å². The maximum atomic E-state index is 11.8. The maximum Gasteiger partial charge on any atom is 0.336 e. The first kappa shape index (κ1) is 12.4. The standard InChI is InChI=1S/C11H11ClN4O2/c1-18-11-14-10(15-16-11)13-9(17)8(12)7-5-3-2-4-6-7/h2-6,8H,1H3,(H2,13,14,15,16,17). The number of nitrogens with zero attached hydrogens (tertiary/aromatic N) is 2. The van der Waals surface area contributed by atoms with Gasteiger partial charge < -0.3 is 4.74 Å². The minimum atomic E-state index is -0.790. The summed E-state index contributed by atoms with van der Waals surface area (Å²) in [5.74, 6) is -0.194. The van der Waals surface area contributed by atoms with Gasteiger partial charge in [-0.1, -0.05) is 30.3 Å². The highest BCUT2D eigenvalue weighted by atomic mass is 35.5. The fourth-order valence-electron chi connectivity index (χ4n) is 1.35. The third-order valence-corrected chi connectivity index (χ3v) is 2.66. The number of hydrogen-bond donors (Lipinski definition) is 2. The SMILES string of the molecule is COc1n[nH]c(NC(=O)C(Cl)c2ccccc2)n1. The molecule has 1 aromatic heterocycles. The number of anilines is 1. The number of methoxy groups -OCH3 is 1. The number of aromatic amines is 1. The number of aromatic nitrogens is 3. The molecule has 18 heavy (non-hydrogen) atoms. The smallest absolute Gasteiger partial charge is 0.336 e. The molecule has 1 amide bonds. The molecule has 0 bridgehead atoms. The van der Waals surface area contributed by atoms with E-state index in [1.165, 1.54) is 7.11 Å². The Bertz CT molecular complexity index is 529. The van der Waals surface area contributed by atoms with Crippen molar-refractivity contribution in [3.05, 3.63) is 35.9 Å². The van der Waals surface area contributed by atoms with E-state index >= 15 is 0 Å². The van der Waals surface area contributed by atoms with E-state index in [1.54, 1.807) is 12.1 Å². The topological polar surface area (TPSA) is 79.9 Å². The molecule has 1 heterocycles. The third-order valence-electron chi connectivity index (χ3n) is 2.21. The van der Waals surface area contributed by atoms with Crippen LogP contribution in [0.5, 0.6) is 6.01 Å². The summed E-state index contributed by atoms with van der Waals surface area (Å²) >= 11 is 6.04. The summed E-state index contributed by atoms with van der Waals surface area (Å²) in [6, 6.07) is 9.18. The Morgan fingerprint density at radius 1 is 1.44 bits per heavy atom. The van der Waals surface area contributed by atoms with Crippen molar-refractivity contribution in [2.45, 2.75) is 5.38 Å². The fraction of sp³-hybridized carbons (Fsp3) is 0.182. The number of benzene rings is 1. The zero-order valence-corrected chi connectivity index (χ0v) is 10.3. The van der Waals surface area contributed by atoms with E-state index in [4.69, 9.17) is 16.3 Å². The molecule has 2 N–H and O–H groups in total. The summed E-state index contributed by atoms with van der Waals surface area (Å²) in [4.78, 5) is 15.7. The van der Waals surface area contributed by atoms with E-state index in [-0.39, 0.29) is 17.9 Å². The molecule has 0 aliphatic carbocycles. The van der Waals surface area contributed by atoms with E-state index < -0.39 is 5.38 Å². The van der Waals surface area contributed by atoms with Crippen LogP contribution in [0.1, 0.15) is 10.9 Å². The van der Waals surface area contributed by atoms with Gasteiger partial charge in [-0.15, -0.1) is 16.7 Å². The van der Waals surface area contributed by atoms with Gasteiger partial charge in [0.2, 0.25) is 11.9 Å². The number of nitrogens with one attached hydrogen (secondary N) is 2. The van der Waals surface area contributed by atoms with Gasteiger partial charge in [0.25, 0.3) is 0 Å². The average Bonchev–Trinajstić information content (AvgIpc) is 2.86.